The van der Waals surface area contributed by atoms with Gasteiger partial charge in [0.2, 0.25) is 5.82 Å². The fraction of sp³-hybridized carbons (Fsp3) is 0.100. The van der Waals surface area contributed by atoms with E-state index in [-0.39, 0.29) is 18.2 Å². The van der Waals surface area contributed by atoms with Crippen molar-refractivity contribution < 1.29 is 4.79 Å². The summed E-state index contributed by atoms with van der Waals surface area (Å²) >= 11 is 8.10. The Morgan fingerprint density at radius 1 is 1.59 bits per heavy atom. The molecule has 0 saturated carbocycles. The lowest BCUT2D eigenvalue weighted by Gasteiger charge is -2.01. The quantitative estimate of drug-likeness (QED) is 0.775. The fourth-order valence-corrected chi connectivity index (χ4v) is 4.18. The number of nitrogens with zero attached hydrogens (tertiary/aromatic N) is 3. The van der Waals surface area contributed by atoms with E-state index >= 15 is 0 Å². The lowest BCUT2D eigenvalue weighted by molar-refractivity contribution is 0.0971. The lowest BCUT2D eigenvalue weighted by atomic mass is 10.2. The third-order valence-electron chi connectivity index (χ3n) is 2.09. The van der Waals surface area contributed by atoms with E-state index in [9.17, 15) is 4.79 Å². The minimum absolute atomic E-state index is 0.0617. The molecule has 2 rings (SSSR count). The zero-order chi connectivity index (χ0) is 12.4. The molecule has 2 heterocycles. The second kappa shape index (κ2) is 5.12. The fourth-order valence-electron chi connectivity index (χ4n) is 1.32. The highest BCUT2D eigenvalue weighted by molar-refractivity contribution is 9.12. The molecule has 86 valence electrons. The maximum atomic E-state index is 12.0. The van der Waals surface area contributed by atoms with Crippen molar-refractivity contribution in [1.29, 1.82) is 5.26 Å². The SMILES string of the molecule is N#Cc1nccn1CC(=O)c1cc(Br)sc1Br. The number of carbonyl (C=O) groups excluding carboxylic acids is 1. The van der Waals surface area contributed by atoms with Gasteiger partial charge in [0.15, 0.2) is 5.78 Å². The predicted molar refractivity (Wildman–Crippen MR) is 71.0 cm³/mol. The van der Waals surface area contributed by atoms with Crippen LogP contribution < -0.4 is 0 Å². The molecule has 0 atom stereocenters. The van der Waals surface area contributed by atoms with Gasteiger partial charge in [-0.05, 0) is 37.9 Å². The summed E-state index contributed by atoms with van der Waals surface area (Å²) in [7, 11) is 0. The number of ketones is 1. The Morgan fingerprint density at radius 2 is 2.35 bits per heavy atom. The van der Waals surface area contributed by atoms with E-state index in [1.54, 1.807) is 12.3 Å². The first-order valence-electron chi connectivity index (χ1n) is 4.51. The molecule has 0 saturated heterocycles. The van der Waals surface area contributed by atoms with E-state index in [4.69, 9.17) is 5.26 Å². The monoisotopic (exact) mass is 373 g/mol. The van der Waals surface area contributed by atoms with Gasteiger partial charge in [0.1, 0.15) is 6.07 Å². The minimum Gasteiger partial charge on any atom is -0.315 e. The predicted octanol–water partition coefficient (Wildman–Crippen LogP) is 3.22. The number of thiophene rings is 1. The maximum absolute atomic E-state index is 12.0. The summed E-state index contributed by atoms with van der Waals surface area (Å²) in [6.45, 7) is 0.116. The van der Waals surface area contributed by atoms with Crippen LogP contribution in [0.1, 0.15) is 16.2 Å². The summed E-state index contributed by atoms with van der Waals surface area (Å²) in [5.74, 6) is 0.178. The van der Waals surface area contributed by atoms with Crippen molar-refractivity contribution in [3.8, 4) is 6.07 Å². The molecule has 17 heavy (non-hydrogen) atoms. The van der Waals surface area contributed by atoms with Crippen molar-refractivity contribution in [3.05, 3.63) is 37.4 Å². The van der Waals surface area contributed by atoms with Crippen LogP contribution in [0, 0.1) is 11.3 Å². The van der Waals surface area contributed by atoms with Crippen LogP contribution in [0.4, 0.5) is 0 Å². The van der Waals surface area contributed by atoms with E-state index in [2.05, 4.69) is 36.8 Å². The van der Waals surface area contributed by atoms with Gasteiger partial charge < -0.3 is 4.57 Å². The summed E-state index contributed by atoms with van der Waals surface area (Å²) in [5.41, 5.74) is 0.611. The van der Waals surface area contributed by atoms with Gasteiger partial charge in [-0.2, -0.15) is 5.26 Å². The van der Waals surface area contributed by atoms with Crippen molar-refractivity contribution in [3.63, 3.8) is 0 Å². The van der Waals surface area contributed by atoms with Gasteiger partial charge in [-0.3, -0.25) is 4.79 Å². The van der Waals surface area contributed by atoms with E-state index in [0.717, 1.165) is 7.57 Å². The zero-order valence-corrected chi connectivity index (χ0v) is 12.3. The molecule has 0 aliphatic heterocycles. The second-order valence-electron chi connectivity index (χ2n) is 3.15. The molecule has 4 nitrogen and oxygen atoms in total. The number of aromatic nitrogens is 2. The van der Waals surface area contributed by atoms with Crippen molar-refractivity contribution >= 4 is 49.0 Å². The summed E-state index contributed by atoms with van der Waals surface area (Å²) < 4.78 is 3.20. The molecule has 0 amide bonds. The Kier molecular flexibility index (Phi) is 3.76. The van der Waals surface area contributed by atoms with Crippen molar-refractivity contribution in [2.45, 2.75) is 6.54 Å². The zero-order valence-electron chi connectivity index (χ0n) is 8.35. The van der Waals surface area contributed by atoms with Crippen molar-refractivity contribution in [2.75, 3.05) is 0 Å². The van der Waals surface area contributed by atoms with Crippen LogP contribution in [0.15, 0.2) is 26.0 Å². The van der Waals surface area contributed by atoms with Crippen LogP contribution in [0.2, 0.25) is 0 Å². The molecule has 0 spiro atoms. The summed E-state index contributed by atoms with van der Waals surface area (Å²) in [6.07, 6.45) is 3.12. The van der Waals surface area contributed by atoms with Crippen LogP contribution in [-0.4, -0.2) is 15.3 Å². The molecule has 0 aliphatic carbocycles. The average molecular weight is 375 g/mol. The van der Waals surface area contributed by atoms with Crippen LogP contribution in [0.25, 0.3) is 0 Å². The molecule has 0 bridgehead atoms. The summed E-state index contributed by atoms with van der Waals surface area (Å²) in [4.78, 5) is 15.9. The number of nitriles is 1. The number of hydrogen-bond acceptors (Lipinski definition) is 4. The van der Waals surface area contributed by atoms with E-state index in [1.165, 1.54) is 22.1 Å². The Labute approximate surface area is 118 Å². The van der Waals surface area contributed by atoms with Crippen molar-refractivity contribution in [1.82, 2.24) is 9.55 Å². The molecule has 0 unspecified atom stereocenters. The van der Waals surface area contributed by atoms with E-state index < -0.39 is 0 Å². The van der Waals surface area contributed by atoms with Gasteiger partial charge in [0, 0.05) is 18.0 Å². The second-order valence-corrected chi connectivity index (χ2v) is 6.90. The first-order valence-corrected chi connectivity index (χ1v) is 6.91. The Morgan fingerprint density at radius 3 is 2.94 bits per heavy atom. The Balaban J connectivity index is 2.24. The highest BCUT2D eigenvalue weighted by atomic mass is 79.9. The standard InChI is InChI=1S/C10H5Br2N3OS/c11-8-3-6(10(12)17-8)7(16)5-15-2-1-14-9(15)4-13/h1-3H,5H2. The molecule has 2 aromatic heterocycles. The largest absolute Gasteiger partial charge is 0.315 e. The van der Waals surface area contributed by atoms with Crippen molar-refractivity contribution in [2.24, 2.45) is 0 Å². The van der Waals surface area contributed by atoms with Gasteiger partial charge in [-0.1, -0.05) is 0 Å². The third kappa shape index (κ3) is 2.65. The highest BCUT2D eigenvalue weighted by Gasteiger charge is 2.15. The smallest absolute Gasteiger partial charge is 0.213 e. The van der Waals surface area contributed by atoms with Gasteiger partial charge >= 0.3 is 0 Å². The maximum Gasteiger partial charge on any atom is 0.213 e. The van der Waals surface area contributed by atoms with E-state index in [1.807, 2.05) is 6.07 Å². The van der Waals surface area contributed by atoms with Gasteiger partial charge in [0.25, 0.3) is 0 Å². The molecule has 7 heteroatoms. The number of hydrogen-bond donors (Lipinski definition) is 0. The summed E-state index contributed by atoms with van der Waals surface area (Å²) in [5, 5.41) is 8.79. The molecular formula is C10H5Br2N3OS. The molecule has 0 N–H and O–H groups in total. The first kappa shape index (κ1) is 12.5. The number of carbonyl (C=O) groups is 1. The molecule has 0 fully saturated rings. The van der Waals surface area contributed by atoms with Crippen LogP contribution in [-0.2, 0) is 6.54 Å². The third-order valence-corrected chi connectivity index (χ3v) is 4.43. The molecule has 2 aromatic rings. The molecule has 0 radical (unpaired) electrons. The molecular weight excluding hydrogens is 370 g/mol. The highest BCUT2D eigenvalue weighted by Crippen LogP contribution is 2.32. The van der Waals surface area contributed by atoms with Gasteiger partial charge in [-0.25, -0.2) is 4.98 Å². The number of Topliss-reactive ketones (excluding diaryl/α,β-unsaturated/α-hetero) is 1. The Bertz CT molecular complexity index is 611. The van der Waals surface area contributed by atoms with E-state index in [0.29, 0.717) is 5.56 Å². The lowest BCUT2D eigenvalue weighted by Crippen LogP contribution is -2.11. The number of halogens is 2. The van der Waals surface area contributed by atoms with Gasteiger partial charge in [-0.15, -0.1) is 11.3 Å². The number of rotatable bonds is 3. The summed E-state index contributed by atoms with van der Waals surface area (Å²) in [6, 6.07) is 3.70. The normalized spacial score (nSPS) is 10.2. The minimum atomic E-state index is -0.0617. The number of imidazole rings is 1. The Hall–Kier alpha value is -0.970. The van der Waals surface area contributed by atoms with Crippen LogP contribution in [0.3, 0.4) is 0 Å². The van der Waals surface area contributed by atoms with Crippen LogP contribution >= 0.6 is 43.2 Å². The average Bonchev–Trinajstić information content (AvgIpc) is 2.84. The molecule has 0 aromatic carbocycles. The topological polar surface area (TPSA) is 58.7 Å². The van der Waals surface area contributed by atoms with Gasteiger partial charge in [0.05, 0.1) is 14.1 Å². The van der Waals surface area contributed by atoms with Crippen LogP contribution in [0.5, 0.6) is 0 Å². The first-order chi connectivity index (χ1) is 8.11. The molecule has 0 aliphatic rings.